The van der Waals surface area contributed by atoms with Crippen LogP contribution in [0.5, 0.6) is 11.5 Å². The van der Waals surface area contributed by atoms with E-state index < -0.39 is 0 Å². The van der Waals surface area contributed by atoms with E-state index in [1.807, 2.05) is 24.3 Å². The van der Waals surface area contributed by atoms with Crippen LogP contribution in [0, 0.1) is 11.3 Å². The fourth-order valence-electron chi connectivity index (χ4n) is 1.77. The number of hydrogen-bond acceptors (Lipinski definition) is 4. The average molecular weight is 323 g/mol. The van der Waals surface area contributed by atoms with E-state index in [4.69, 9.17) is 33.2 Å². The van der Waals surface area contributed by atoms with Crippen LogP contribution < -0.4 is 10.1 Å². The highest BCUT2D eigenvalue weighted by atomic mass is 35.5. The standard InChI is InChI=1S/C15H12Cl2N2O2/c16-12-7-11(8-13(17)15(12)20)19-9-10-3-1-2-4-14(10)21-6-5-18/h1-4,7-8,19-20H,6,9H2. The summed E-state index contributed by atoms with van der Waals surface area (Å²) in [5.41, 5.74) is 1.57. The quantitative estimate of drug-likeness (QED) is 0.809. The molecule has 0 saturated heterocycles. The molecule has 0 aliphatic rings. The largest absolute Gasteiger partial charge is 0.505 e. The van der Waals surface area contributed by atoms with Crippen molar-refractivity contribution in [2.75, 3.05) is 11.9 Å². The van der Waals surface area contributed by atoms with Gasteiger partial charge in [0.15, 0.2) is 12.4 Å². The molecule has 0 heterocycles. The van der Waals surface area contributed by atoms with Gasteiger partial charge in [0.2, 0.25) is 0 Å². The monoisotopic (exact) mass is 322 g/mol. The third-order valence-electron chi connectivity index (χ3n) is 2.76. The summed E-state index contributed by atoms with van der Waals surface area (Å²) >= 11 is 11.7. The molecule has 0 atom stereocenters. The zero-order valence-corrected chi connectivity index (χ0v) is 12.4. The number of hydrogen-bond donors (Lipinski definition) is 2. The van der Waals surface area contributed by atoms with E-state index in [9.17, 15) is 5.11 Å². The number of ether oxygens (including phenoxy) is 1. The molecule has 2 rings (SSSR count). The second-order valence-electron chi connectivity index (χ2n) is 4.20. The van der Waals surface area contributed by atoms with Crippen molar-refractivity contribution in [2.24, 2.45) is 0 Å². The van der Waals surface area contributed by atoms with E-state index in [0.29, 0.717) is 18.0 Å². The normalized spacial score (nSPS) is 9.95. The van der Waals surface area contributed by atoms with Gasteiger partial charge in [0.05, 0.1) is 10.0 Å². The maximum absolute atomic E-state index is 9.51. The average Bonchev–Trinajstić information content (AvgIpc) is 2.49. The van der Waals surface area contributed by atoms with Crippen LogP contribution in [0.1, 0.15) is 5.56 Å². The fourth-order valence-corrected chi connectivity index (χ4v) is 2.25. The molecule has 2 N–H and O–H groups in total. The van der Waals surface area contributed by atoms with Crippen molar-refractivity contribution in [3.63, 3.8) is 0 Å². The molecule has 0 saturated carbocycles. The fraction of sp³-hybridized carbons (Fsp3) is 0.133. The number of aromatic hydroxyl groups is 1. The minimum Gasteiger partial charge on any atom is -0.505 e. The molecule has 0 unspecified atom stereocenters. The number of para-hydroxylation sites is 1. The van der Waals surface area contributed by atoms with Crippen LogP contribution in [-0.2, 0) is 6.54 Å². The molecule has 0 spiro atoms. The van der Waals surface area contributed by atoms with Crippen molar-refractivity contribution < 1.29 is 9.84 Å². The Morgan fingerprint density at radius 3 is 2.52 bits per heavy atom. The van der Waals surface area contributed by atoms with Crippen molar-refractivity contribution in [3.05, 3.63) is 52.0 Å². The van der Waals surface area contributed by atoms with Crippen LogP contribution in [0.25, 0.3) is 0 Å². The lowest BCUT2D eigenvalue weighted by atomic mass is 10.2. The third kappa shape index (κ3) is 3.94. The highest BCUT2D eigenvalue weighted by Crippen LogP contribution is 2.34. The summed E-state index contributed by atoms with van der Waals surface area (Å²) in [5.74, 6) is 0.504. The maximum Gasteiger partial charge on any atom is 0.174 e. The van der Waals surface area contributed by atoms with Crippen molar-refractivity contribution in [3.8, 4) is 17.6 Å². The predicted octanol–water partition coefficient (Wildman–Crippen LogP) is 4.21. The third-order valence-corrected chi connectivity index (χ3v) is 3.34. The Hall–Kier alpha value is -2.09. The van der Waals surface area contributed by atoms with Crippen molar-refractivity contribution in [1.29, 1.82) is 5.26 Å². The first-order chi connectivity index (χ1) is 10.1. The van der Waals surface area contributed by atoms with Crippen molar-refractivity contribution >= 4 is 28.9 Å². The smallest absolute Gasteiger partial charge is 0.174 e. The van der Waals surface area contributed by atoms with E-state index in [2.05, 4.69) is 5.32 Å². The molecular weight excluding hydrogens is 311 g/mol. The number of nitrogens with one attached hydrogen (secondary N) is 1. The highest BCUT2D eigenvalue weighted by molar-refractivity contribution is 6.37. The lowest BCUT2D eigenvalue weighted by Crippen LogP contribution is -2.03. The molecular formula is C15H12Cl2N2O2. The maximum atomic E-state index is 9.51. The topological polar surface area (TPSA) is 65.3 Å². The molecule has 4 nitrogen and oxygen atoms in total. The number of rotatable bonds is 5. The van der Waals surface area contributed by atoms with Crippen molar-refractivity contribution in [2.45, 2.75) is 6.54 Å². The number of anilines is 1. The SMILES string of the molecule is N#CCOc1ccccc1CNc1cc(Cl)c(O)c(Cl)c1. The van der Waals surface area contributed by atoms with Gasteiger partial charge in [0.25, 0.3) is 0 Å². The first kappa shape index (κ1) is 15.3. The van der Waals surface area contributed by atoms with Crippen LogP contribution in [0.3, 0.4) is 0 Å². The Labute approximate surface area is 132 Å². The number of phenolic OH excluding ortho intramolecular Hbond substituents is 1. The summed E-state index contributed by atoms with van der Waals surface area (Å²) in [6.45, 7) is 0.465. The van der Waals surface area contributed by atoms with Crippen LogP contribution in [0.4, 0.5) is 5.69 Å². The summed E-state index contributed by atoms with van der Waals surface area (Å²) in [7, 11) is 0. The second kappa shape index (κ2) is 7.07. The molecule has 0 radical (unpaired) electrons. The predicted molar refractivity (Wildman–Crippen MR) is 83.0 cm³/mol. The minimum atomic E-state index is -0.137. The van der Waals surface area contributed by atoms with Crippen LogP contribution in [0.15, 0.2) is 36.4 Å². The van der Waals surface area contributed by atoms with Gasteiger partial charge in [-0.05, 0) is 18.2 Å². The van der Waals surface area contributed by atoms with Crippen molar-refractivity contribution in [1.82, 2.24) is 0 Å². The summed E-state index contributed by atoms with van der Waals surface area (Å²) in [4.78, 5) is 0. The molecule has 0 bridgehead atoms. The Bertz CT molecular complexity index is 661. The number of halogens is 2. The van der Waals surface area contributed by atoms with Gasteiger partial charge in [0.1, 0.15) is 11.8 Å². The molecule has 2 aromatic rings. The molecule has 2 aromatic carbocycles. The van der Waals surface area contributed by atoms with Crippen LogP contribution >= 0.6 is 23.2 Å². The highest BCUT2D eigenvalue weighted by Gasteiger charge is 2.08. The first-order valence-corrected chi connectivity index (χ1v) is 6.87. The van der Waals surface area contributed by atoms with Gasteiger partial charge in [-0.25, -0.2) is 0 Å². The van der Waals surface area contributed by atoms with Gasteiger partial charge in [-0.2, -0.15) is 5.26 Å². The lowest BCUT2D eigenvalue weighted by molar-refractivity contribution is 0.364. The van der Waals surface area contributed by atoms with E-state index in [0.717, 1.165) is 5.56 Å². The summed E-state index contributed by atoms with van der Waals surface area (Å²) in [6.07, 6.45) is 0. The number of phenols is 1. The molecule has 21 heavy (non-hydrogen) atoms. The zero-order valence-electron chi connectivity index (χ0n) is 10.9. The van der Waals surface area contributed by atoms with E-state index >= 15 is 0 Å². The number of benzene rings is 2. The van der Waals surface area contributed by atoms with Crippen LogP contribution in [0.2, 0.25) is 10.0 Å². The van der Waals surface area contributed by atoms with Gasteiger partial charge >= 0.3 is 0 Å². The Balaban J connectivity index is 2.12. The second-order valence-corrected chi connectivity index (χ2v) is 5.01. The summed E-state index contributed by atoms with van der Waals surface area (Å²) in [6, 6.07) is 12.5. The molecule has 108 valence electrons. The number of nitriles is 1. The van der Waals surface area contributed by atoms with Gasteiger partial charge in [0, 0.05) is 17.8 Å². The Morgan fingerprint density at radius 1 is 1.19 bits per heavy atom. The lowest BCUT2D eigenvalue weighted by Gasteiger charge is -2.12. The van der Waals surface area contributed by atoms with Gasteiger partial charge in [-0.1, -0.05) is 41.4 Å². The Kier molecular flexibility index (Phi) is 5.15. The van der Waals surface area contributed by atoms with E-state index in [1.165, 1.54) is 0 Å². The summed E-state index contributed by atoms with van der Waals surface area (Å²) in [5, 5.41) is 21.6. The van der Waals surface area contributed by atoms with Gasteiger partial charge < -0.3 is 15.2 Å². The van der Waals surface area contributed by atoms with Crippen LogP contribution in [-0.4, -0.2) is 11.7 Å². The first-order valence-electron chi connectivity index (χ1n) is 6.11. The molecule has 0 aliphatic heterocycles. The van der Waals surface area contributed by atoms with E-state index in [-0.39, 0.29) is 22.4 Å². The Morgan fingerprint density at radius 2 is 1.86 bits per heavy atom. The number of nitrogens with zero attached hydrogens (tertiary/aromatic N) is 1. The summed E-state index contributed by atoms with van der Waals surface area (Å²) < 4.78 is 5.35. The van der Waals surface area contributed by atoms with E-state index in [1.54, 1.807) is 18.2 Å². The molecule has 0 aliphatic carbocycles. The van der Waals surface area contributed by atoms with Gasteiger partial charge in [-0.15, -0.1) is 0 Å². The molecule has 0 amide bonds. The zero-order chi connectivity index (χ0) is 15.2. The molecule has 0 aromatic heterocycles. The molecule has 0 fully saturated rings. The molecule has 6 heteroatoms. The van der Waals surface area contributed by atoms with Gasteiger partial charge in [-0.3, -0.25) is 0 Å². The minimum absolute atomic E-state index is 0.00607.